The number of nitrogens with one attached hydrogen (secondary N) is 3. The fraction of sp³-hybridized carbons (Fsp3) is 0.200. The average molecular weight is 278 g/mol. The molecule has 0 spiro atoms. The van der Waals surface area contributed by atoms with Crippen molar-refractivity contribution in [3.8, 4) is 0 Å². The van der Waals surface area contributed by atoms with Crippen LogP contribution >= 0.6 is 11.3 Å². The fourth-order valence-electron chi connectivity index (χ4n) is 1.77. The predicted octanol–water partition coefficient (Wildman–Crippen LogP) is 0.0879. The van der Waals surface area contributed by atoms with Crippen LogP contribution in [0.3, 0.4) is 0 Å². The summed E-state index contributed by atoms with van der Waals surface area (Å²) in [5, 5.41) is 11.1. The number of fused-ring (bicyclic) bond motifs is 1. The summed E-state index contributed by atoms with van der Waals surface area (Å²) in [5.41, 5.74) is 0.973. The lowest BCUT2D eigenvalue weighted by Gasteiger charge is -2.05. The summed E-state index contributed by atoms with van der Waals surface area (Å²) in [7, 11) is 0. The normalized spacial score (nSPS) is 11.0. The van der Waals surface area contributed by atoms with E-state index >= 15 is 0 Å². The molecule has 0 fully saturated rings. The van der Waals surface area contributed by atoms with Gasteiger partial charge in [-0.1, -0.05) is 11.3 Å². The van der Waals surface area contributed by atoms with Crippen molar-refractivity contribution >= 4 is 22.8 Å². The van der Waals surface area contributed by atoms with Crippen molar-refractivity contribution in [1.29, 1.82) is 0 Å². The first-order valence-corrected chi connectivity index (χ1v) is 6.37. The maximum absolute atomic E-state index is 11.4. The summed E-state index contributed by atoms with van der Waals surface area (Å²) in [6, 6.07) is 1.66. The largest absolute Gasteiger partial charge is 0.364 e. The van der Waals surface area contributed by atoms with Gasteiger partial charge in [-0.15, -0.1) is 0 Å². The Bertz CT molecular complexity index is 841. The van der Waals surface area contributed by atoms with Crippen LogP contribution in [-0.4, -0.2) is 24.6 Å². The standard InChI is InChI=1S/C10H10N6O2S/c1-5-12-7(2-8-14-15-9(17)16(5)8)11-3-6-4-19-10(18)13-6/h2,4,11H,3H2,1H3,(H,13,18)(H,15,17). The van der Waals surface area contributed by atoms with Gasteiger partial charge in [-0.25, -0.2) is 19.3 Å². The van der Waals surface area contributed by atoms with Crippen LogP contribution in [-0.2, 0) is 6.54 Å². The molecule has 8 nitrogen and oxygen atoms in total. The summed E-state index contributed by atoms with van der Waals surface area (Å²) < 4.78 is 1.39. The number of aromatic nitrogens is 5. The molecule has 3 rings (SSSR count). The second kappa shape index (κ2) is 4.35. The highest BCUT2D eigenvalue weighted by atomic mass is 32.1. The highest BCUT2D eigenvalue weighted by Crippen LogP contribution is 2.09. The van der Waals surface area contributed by atoms with Crippen molar-refractivity contribution in [2.75, 3.05) is 5.32 Å². The maximum atomic E-state index is 11.4. The molecule has 19 heavy (non-hydrogen) atoms. The van der Waals surface area contributed by atoms with Gasteiger partial charge in [0.1, 0.15) is 11.6 Å². The summed E-state index contributed by atoms with van der Waals surface area (Å²) in [4.78, 5) is 29.3. The maximum Gasteiger partial charge on any atom is 0.349 e. The number of thiazole rings is 1. The number of aryl methyl sites for hydroxylation is 1. The molecule has 0 atom stereocenters. The van der Waals surface area contributed by atoms with Gasteiger partial charge in [0.05, 0.1) is 6.54 Å². The highest BCUT2D eigenvalue weighted by molar-refractivity contribution is 7.07. The van der Waals surface area contributed by atoms with Crippen LogP contribution in [0, 0.1) is 6.92 Å². The van der Waals surface area contributed by atoms with Crippen LogP contribution in [0.1, 0.15) is 11.5 Å². The van der Waals surface area contributed by atoms with E-state index < -0.39 is 0 Å². The predicted molar refractivity (Wildman–Crippen MR) is 70.6 cm³/mol. The van der Waals surface area contributed by atoms with Gasteiger partial charge in [-0.05, 0) is 6.92 Å². The first-order valence-electron chi connectivity index (χ1n) is 5.49. The summed E-state index contributed by atoms with van der Waals surface area (Å²) >= 11 is 1.11. The van der Waals surface area contributed by atoms with Crippen molar-refractivity contribution in [3.05, 3.63) is 43.1 Å². The van der Waals surface area contributed by atoms with E-state index in [-0.39, 0.29) is 10.6 Å². The molecule has 3 heterocycles. The second-order valence-electron chi connectivity index (χ2n) is 3.94. The van der Waals surface area contributed by atoms with E-state index in [0.29, 0.717) is 23.8 Å². The van der Waals surface area contributed by atoms with Crippen LogP contribution in [0.5, 0.6) is 0 Å². The van der Waals surface area contributed by atoms with Gasteiger partial charge in [-0.3, -0.25) is 4.79 Å². The summed E-state index contributed by atoms with van der Waals surface area (Å²) in [5.74, 6) is 1.13. The Morgan fingerprint density at radius 3 is 3.05 bits per heavy atom. The molecule has 0 aromatic carbocycles. The third-order valence-electron chi connectivity index (χ3n) is 2.60. The van der Waals surface area contributed by atoms with Gasteiger partial charge in [0.15, 0.2) is 5.65 Å². The van der Waals surface area contributed by atoms with Crippen molar-refractivity contribution in [2.24, 2.45) is 0 Å². The molecule has 0 aliphatic carbocycles. The first kappa shape index (κ1) is 11.7. The van der Waals surface area contributed by atoms with E-state index in [1.165, 1.54) is 4.40 Å². The number of aromatic amines is 2. The molecule has 0 aliphatic heterocycles. The fourth-order valence-corrected chi connectivity index (χ4v) is 2.36. The van der Waals surface area contributed by atoms with Crippen LogP contribution < -0.4 is 15.9 Å². The number of anilines is 1. The van der Waals surface area contributed by atoms with E-state index in [2.05, 4.69) is 25.5 Å². The Kier molecular flexibility index (Phi) is 2.67. The number of hydrogen-bond donors (Lipinski definition) is 3. The lowest BCUT2D eigenvalue weighted by atomic mass is 10.4. The zero-order valence-corrected chi connectivity index (χ0v) is 10.7. The van der Waals surface area contributed by atoms with Gasteiger partial charge in [-0.2, -0.15) is 5.10 Å². The van der Waals surface area contributed by atoms with E-state index in [9.17, 15) is 9.59 Å². The van der Waals surface area contributed by atoms with E-state index in [1.807, 2.05) is 0 Å². The zero-order valence-electron chi connectivity index (χ0n) is 9.93. The molecule has 3 N–H and O–H groups in total. The molecule has 3 aromatic rings. The molecule has 3 aromatic heterocycles. The third-order valence-corrected chi connectivity index (χ3v) is 3.32. The lowest BCUT2D eigenvalue weighted by Crippen LogP contribution is -2.14. The van der Waals surface area contributed by atoms with Gasteiger partial charge < -0.3 is 10.3 Å². The van der Waals surface area contributed by atoms with Crippen LogP contribution in [0.4, 0.5) is 5.82 Å². The monoisotopic (exact) mass is 278 g/mol. The quantitative estimate of drug-likeness (QED) is 0.629. The molecule has 0 aliphatic rings. The Labute approximate surface area is 110 Å². The Hall–Kier alpha value is -2.42. The Morgan fingerprint density at radius 2 is 2.32 bits per heavy atom. The van der Waals surface area contributed by atoms with Crippen LogP contribution in [0.25, 0.3) is 5.65 Å². The smallest absolute Gasteiger partial charge is 0.349 e. The van der Waals surface area contributed by atoms with Gasteiger partial charge >= 0.3 is 10.6 Å². The minimum absolute atomic E-state index is 0.0877. The second-order valence-corrected chi connectivity index (χ2v) is 4.78. The number of H-pyrrole nitrogens is 2. The summed E-state index contributed by atoms with van der Waals surface area (Å²) in [6.07, 6.45) is 0. The minimum Gasteiger partial charge on any atom is -0.364 e. The van der Waals surface area contributed by atoms with Crippen molar-refractivity contribution in [1.82, 2.24) is 24.6 Å². The molecule has 0 saturated carbocycles. The van der Waals surface area contributed by atoms with Gasteiger partial charge in [0.2, 0.25) is 0 Å². The van der Waals surface area contributed by atoms with Crippen LogP contribution in [0.2, 0.25) is 0 Å². The molecule has 0 bridgehead atoms. The van der Waals surface area contributed by atoms with E-state index in [4.69, 9.17) is 0 Å². The average Bonchev–Trinajstić information content (AvgIpc) is 2.94. The highest BCUT2D eigenvalue weighted by Gasteiger charge is 2.06. The topological polar surface area (TPSA) is 108 Å². The van der Waals surface area contributed by atoms with Gasteiger partial charge in [0, 0.05) is 17.1 Å². The lowest BCUT2D eigenvalue weighted by molar-refractivity contribution is 0.928. The number of hydrogen-bond acceptors (Lipinski definition) is 6. The van der Waals surface area contributed by atoms with E-state index in [0.717, 1.165) is 17.0 Å². The molecule has 0 amide bonds. The SMILES string of the molecule is Cc1nc(NCc2csc(=O)[nH]2)cc2n[nH]c(=O)n12. The molecule has 0 radical (unpaired) electrons. The van der Waals surface area contributed by atoms with Crippen LogP contribution in [0.15, 0.2) is 21.0 Å². The third kappa shape index (κ3) is 2.15. The zero-order chi connectivity index (χ0) is 13.4. The molecule has 9 heteroatoms. The number of nitrogens with zero attached hydrogens (tertiary/aromatic N) is 3. The van der Waals surface area contributed by atoms with Crippen molar-refractivity contribution in [3.63, 3.8) is 0 Å². The van der Waals surface area contributed by atoms with Crippen molar-refractivity contribution in [2.45, 2.75) is 13.5 Å². The Morgan fingerprint density at radius 1 is 1.47 bits per heavy atom. The number of rotatable bonds is 3. The molecule has 98 valence electrons. The molecular formula is C10H10N6O2S. The first-order chi connectivity index (χ1) is 9.13. The molecular weight excluding hydrogens is 268 g/mol. The minimum atomic E-state index is -0.311. The summed E-state index contributed by atoms with van der Waals surface area (Å²) in [6.45, 7) is 2.18. The van der Waals surface area contributed by atoms with Crippen molar-refractivity contribution < 1.29 is 0 Å². The van der Waals surface area contributed by atoms with E-state index in [1.54, 1.807) is 18.4 Å². The molecule has 0 unspecified atom stereocenters. The Balaban J connectivity index is 1.89. The molecule has 0 saturated heterocycles. The van der Waals surface area contributed by atoms with Gasteiger partial charge in [0.25, 0.3) is 0 Å².